The van der Waals surface area contributed by atoms with Gasteiger partial charge in [-0.1, -0.05) is 66.7 Å². The molecule has 0 unspecified atom stereocenters. The number of ether oxygens (including phenoxy) is 2. The molecule has 39 heavy (non-hydrogen) atoms. The maximum absolute atomic E-state index is 12.0. The molecular formula is C30H52N2O5SSi. The van der Waals surface area contributed by atoms with Gasteiger partial charge in [-0.05, 0) is 49.9 Å². The second kappa shape index (κ2) is 17.1. The number of aromatic nitrogens is 1. The summed E-state index contributed by atoms with van der Waals surface area (Å²) in [7, 11) is 1.25. The number of alkyl carbamates (subject to hydrolysis) is 1. The zero-order valence-electron chi connectivity index (χ0n) is 26.0. The highest BCUT2D eigenvalue weighted by molar-refractivity contribution is 7.09. The fourth-order valence-electron chi connectivity index (χ4n) is 4.68. The quantitative estimate of drug-likeness (QED) is 0.148. The summed E-state index contributed by atoms with van der Waals surface area (Å²) in [6.45, 7) is 18.5. The van der Waals surface area contributed by atoms with E-state index < -0.39 is 20.5 Å². The van der Waals surface area contributed by atoms with Gasteiger partial charge in [0, 0.05) is 31.4 Å². The first-order valence-electron chi connectivity index (χ1n) is 14.3. The molecule has 0 radical (unpaired) electrons. The summed E-state index contributed by atoms with van der Waals surface area (Å²) in [5.74, 6) is 0.298. The zero-order valence-corrected chi connectivity index (χ0v) is 27.8. The predicted octanol–water partition coefficient (Wildman–Crippen LogP) is 8.03. The van der Waals surface area contributed by atoms with Crippen LogP contribution in [0, 0.1) is 17.8 Å². The molecule has 0 aliphatic rings. The number of nitrogens with one attached hydrogen (secondary N) is 1. The molecule has 7 nitrogen and oxygen atoms in total. The second-order valence-electron chi connectivity index (χ2n) is 10.9. The normalized spacial score (nSPS) is 16.7. The van der Waals surface area contributed by atoms with Crippen LogP contribution in [0.2, 0.25) is 18.1 Å². The first-order chi connectivity index (χ1) is 18.4. The Morgan fingerprint density at radius 2 is 1.72 bits per heavy atom. The lowest BCUT2D eigenvalue weighted by molar-refractivity contribution is -0.123. The van der Waals surface area contributed by atoms with Crippen molar-refractivity contribution >= 4 is 31.5 Å². The number of carbonyl (C=O) groups excluding carboxylic acids is 2. The predicted molar refractivity (Wildman–Crippen MR) is 164 cm³/mol. The number of methoxy groups -OCH3 is 1. The van der Waals surface area contributed by atoms with Gasteiger partial charge < -0.3 is 19.2 Å². The Bertz CT molecular complexity index is 949. The number of nitrogens with zero attached hydrogens (tertiary/aromatic N) is 1. The minimum atomic E-state index is -1.95. The summed E-state index contributed by atoms with van der Waals surface area (Å²) in [6, 6.07) is 3.12. The van der Waals surface area contributed by atoms with Crippen molar-refractivity contribution < 1.29 is 23.5 Å². The van der Waals surface area contributed by atoms with Crippen LogP contribution >= 0.6 is 11.3 Å². The molecule has 0 saturated heterocycles. The van der Waals surface area contributed by atoms with Crippen molar-refractivity contribution in [3.8, 4) is 0 Å². The van der Waals surface area contributed by atoms with E-state index in [1.807, 2.05) is 26.0 Å². The minimum absolute atomic E-state index is 0.0511. The van der Waals surface area contributed by atoms with Gasteiger partial charge in [0.1, 0.15) is 10.8 Å². The van der Waals surface area contributed by atoms with Crippen LogP contribution in [0.1, 0.15) is 91.6 Å². The highest BCUT2D eigenvalue weighted by atomic mass is 32.1. The molecule has 0 saturated carbocycles. The standard InChI is InChI=1S/C30H52N2O5SSi/c1-12-39(13-2,14-3)37-28(22(7)17-15-16-21(6)27(35-11)23(8)24(9)33)25-19-38-29(32-25)26(18-20(4)5)36-30(34)31-10/h15-17,19-20,22-23,26-28H,12-14,18H2,1-11H3,(H,31,34)/b17-15+,21-16+/t22-,23-,26-,27+,28-/m0/s1. The first kappa shape index (κ1) is 35.2. The lowest BCUT2D eigenvalue weighted by Crippen LogP contribution is -2.38. The van der Waals surface area contributed by atoms with Gasteiger partial charge in [-0.3, -0.25) is 4.79 Å². The van der Waals surface area contributed by atoms with Crippen LogP contribution in [0.25, 0.3) is 0 Å². The van der Waals surface area contributed by atoms with E-state index in [1.165, 1.54) is 11.3 Å². The van der Waals surface area contributed by atoms with E-state index in [1.54, 1.807) is 21.1 Å². The molecule has 0 spiro atoms. The SMILES string of the molecule is CC[Si](CC)(CC)O[C@H](c1csc([C@H](CC(C)C)OC(=O)NC)n1)[C@@H](C)/C=C/C=C(\C)[C@@H](OC)[C@@H](C)C(C)=O. The van der Waals surface area contributed by atoms with Crippen molar-refractivity contribution in [3.63, 3.8) is 0 Å². The van der Waals surface area contributed by atoms with Crippen molar-refractivity contribution in [3.05, 3.63) is 39.9 Å². The largest absolute Gasteiger partial charge is 0.439 e. The Balaban J connectivity index is 3.38. The van der Waals surface area contributed by atoms with Crippen LogP contribution in [0.3, 0.4) is 0 Å². The van der Waals surface area contributed by atoms with E-state index in [0.717, 1.165) is 34.4 Å². The van der Waals surface area contributed by atoms with Gasteiger partial charge in [0.05, 0.1) is 17.9 Å². The molecule has 5 atom stereocenters. The number of Topliss-reactive ketones (excluding diaryl/α,β-unsaturated/α-hetero) is 1. The summed E-state index contributed by atoms with van der Waals surface area (Å²) < 4.78 is 18.3. The highest BCUT2D eigenvalue weighted by Crippen LogP contribution is 2.37. The third-order valence-corrected chi connectivity index (χ3v) is 13.2. The summed E-state index contributed by atoms with van der Waals surface area (Å²) in [4.78, 5) is 28.9. The molecule has 0 bridgehead atoms. The van der Waals surface area contributed by atoms with E-state index in [9.17, 15) is 9.59 Å². The van der Waals surface area contributed by atoms with Gasteiger partial charge in [0.25, 0.3) is 0 Å². The Labute approximate surface area is 241 Å². The molecule has 1 rings (SSSR count). The second-order valence-corrected chi connectivity index (χ2v) is 16.5. The van der Waals surface area contributed by atoms with Gasteiger partial charge in [0.2, 0.25) is 0 Å². The molecule has 1 N–H and O–H groups in total. The van der Waals surface area contributed by atoms with Crippen LogP contribution in [0.15, 0.2) is 29.2 Å². The third kappa shape index (κ3) is 10.6. The molecule has 1 amide bonds. The molecule has 222 valence electrons. The van der Waals surface area contributed by atoms with Gasteiger partial charge in [-0.15, -0.1) is 11.3 Å². The van der Waals surface area contributed by atoms with Gasteiger partial charge in [0.15, 0.2) is 14.4 Å². The van der Waals surface area contributed by atoms with E-state index in [4.69, 9.17) is 18.9 Å². The van der Waals surface area contributed by atoms with E-state index in [0.29, 0.717) is 12.3 Å². The number of rotatable bonds is 17. The lowest BCUT2D eigenvalue weighted by Gasteiger charge is -2.34. The molecule has 1 aromatic heterocycles. The molecule has 0 aliphatic carbocycles. The van der Waals surface area contributed by atoms with Crippen molar-refractivity contribution in [1.29, 1.82) is 0 Å². The Morgan fingerprint density at radius 3 is 2.21 bits per heavy atom. The number of carbonyl (C=O) groups is 2. The lowest BCUT2D eigenvalue weighted by atomic mass is 9.94. The van der Waals surface area contributed by atoms with E-state index in [2.05, 4.69) is 58.3 Å². The number of hydrogen-bond acceptors (Lipinski definition) is 7. The topological polar surface area (TPSA) is 86.8 Å². The van der Waals surface area contributed by atoms with E-state index in [-0.39, 0.29) is 29.8 Å². The number of amides is 1. The van der Waals surface area contributed by atoms with Gasteiger partial charge in [-0.25, -0.2) is 9.78 Å². The molecule has 0 fully saturated rings. The van der Waals surface area contributed by atoms with Crippen LogP contribution in [-0.2, 0) is 18.7 Å². The monoisotopic (exact) mass is 580 g/mol. The molecule has 1 aromatic rings. The van der Waals surface area contributed by atoms with Gasteiger partial charge >= 0.3 is 6.09 Å². The average Bonchev–Trinajstić information content (AvgIpc) is 3.39. The molecule has 1 heterocycles. The molecular weight excluding hydrogens is 528 g/mol. The summed E-state index contributed by atoms with van der Waals surface area (Å²) in [5, 5.41) is 5.40. The fraction of sp³-hybridized carbons (Fsp3) is 0.700. The Morgan fingerprint density at radius 1 is 1.10 bits per heavy atom. The van der Waals surface area contributed by atoms with Crippen LogP contribution in [-0.4, -0.2) is 45.4 Å². The fourth-order valence-corrected chi connectivity index (χ4v) is 8.43. The molecule has 0 aromatic carbocycles. The maximum atomic E-state index is 12.0. The van der Waals surface area contributed by atoms with Crippen molar-refractivity contribution in [2.24, 2.45) is 17.8 Å². The summed E-state index contributed by atoms with van der Waals surface area (Å²) >= 11 is 1.52. The minimum Gasteiger partial charge on any atom is -0.439 e. The maximum Gasteiger partial charge on any atom is 0.407 e. The number of ketones is 1. The van der Waals surface area contributed by atoms with Gasteiger partial charge in [-0.2, -0.15) is 0 Å². The number of allylic oxidation sites excluding steroid dienone is 2. The summed E-state index contributed by atoms with van der Waals surface area (Å²) in [6.07, 6.45) is 5.58. The number of thiazole rings is 1. The zero-order chi connectivity index (χ0) is 29.8. The van der Waals surface area contributed by atoms with E-state index >= 15 is 0 Å². The van der Waals surface area contributed by atoms with Crippen LogP contribution in [0.4, 0.5) is 4.79 Å². The smallest absolute Gasteiger partial charge is 0.407 e. The first-order valence-corrected chi connectivity index (χ1v) is 17.7. The van der Waals surface area contributed by atoms with Crippen LogP contribution in [0.5, 0.6) is 0 Å². The molecule has 0 aliphatic heterocycles. The molecule has 9 heteroatoms. The average molecular weight is 581 g/mol. The Hall–Kier alpha value is -1.81. The number of hydrogen-bond donors (Lipinski definition) is 1. The Kier molecular flexibility index (Phi) is 15.4. The van der Waals surface area contributed by atoms with Crippen molar-refractivity contribution in [1.82, 2.24) is 10.3 Å². The van der Waals surface area contributed by atoms with Crippen molar-refractivity contribution in [2.45, 2.75) is 105 Å². The summed E-state index contributed by atoms with van der Waals surface area (Å²) in [5.41, 5.74) is 1.88. The van der Waals surface area contributed by atoms with Crippen LogP contribution < -0.4 is 5.32 Å². The van der Waals surface area contributed by atoms with Crippen molar-refractivity contribution in [2.75, 3.05) is 14.2 Å². The third-order valence-electron chi connectivity index (χ3n) is 7.60. The highest BCUT2D eigenvalue weighted by Gasteiger charge is 2.35.